The molecule has 4 N–H and O–H groups in total. The molecule has 1 aromatic rings. The van der Waals surface area contributed by atoms with Crippen LogP contribution < -0.4 is 16.2 Å². The summed E-state index contributed by atoms with van der Waals surface area (Å²) in [5.74, 6) is -0.753. The van der Waals surface area contributed by atoms with Gasteiger partial charge in [-0.15, -0.1) is 0 Å². The van der Waals surface area contributed by atoms with E-state index < -0.39 is 17.6 Å². The summed E-state index contributed by atoms with van der Waals surface area (Å²) in [5.41, 5.74) is 5.21. The number of carbonyl (C=O) groups is 2. The summed E-state index contributed by atoms with van der Waals surface area (Å²) in [7, 11) is 0. The molecule has 3 rings (SSSR count). The first-order valence-corrected chi connectivity index (χ1v) is 8.66. The van der Waals surface area contributed by atoms with Crippen molar-refractivity contribution in [1.82, 2.24) is 16.2 Å². The van der Waals surface area contributed by atoms with Crippen molar-refractivity contribution in [3.05, 3.63) is 34.9 Å². The Morgan fingerprint density at radius 2 is 1.96 bits per heavy atom. The third-order valence-electron chi connectivity index (χ3n) is 5.01. The molecule has 1 saturated carbocycles. The predicted octanol–water partition coefficient (Wildman–Crippen LogP) is 1.79. The molecule has 0 bridgehead atoms. The van der Waals surface area contributed by atoms with Gasteiger partial charge in [-0.1, -0.05) is 30.7 Å². The van der Waals surface area contributed by atoms with Crippen LogP contribution in [0.25, 0.3) is 0 Å². The number of nitrogens with one attached hydrogen (secondary N) is 3. The first-order chi connectivity index (χ1) is 11.5. The number of amides is 1. The lowest BCUT2D eigenvalue weighted by atomic mass is 9.86. The lowest BCUT2D eigenvalue weighted by Gasteiger charge is -2.31. The molecule has 3 unspecified atom stereocenters. The standard InChI is InChI=1S/C17H22ClN3O3/c1-2-17(16(23)24,11-5-7-12(18)8-6-11)19-15(22)14-9-13(20-21-14)10-3-4-10/h5-8,10,13-14,20-21H,2-4,9H2,1H3,(H,19,22)(H,23,24). The van der Waals surface area contributed by atoms with Gasteiger partial charge in [0.05, 0.1) is 0 Å². The number of benzene rings is 1. The predicted molar refractivity (Wildman–Crippen MR) is 90.4 cm³/mol. The van der Waals surface area contributed by atoms with Crippen LogP contribution in [0.5, 0.6) is 0 Å². The monoisotopic (exact) mass is 351 g/mol. The van der Waals surface area contributed by atoms with E-state index in [0.717, 1.165) is 0 Å². The molecule has 0 spiro atoms. The minimum Gasteiger partial charge on any atom is -0.479 e. The lowest BCUT2D eigenvalue weighted by molar-refractivity contribution is -0.148. The topological polar surface area (TPSA) is 90.5 Å². The Kier molecular flexibility index (Phi) is 4.80. The number of hydrogen-bond donors (Lipinski definition) is 4. The fourth-order valence-corrected chi connectivity index (χ4v) is 3.41. The van der Waals surface area contributed by atoms with Crippen LogP contribution in [-0.4, -0.2) is 29.1 Å². The Bertz CT molecular complexity index is 632. The van der Waals surface area contributed by atoms with Crippen LogP contribution in [0.3, 0.4) is 0 Å². The number of hydrazine groups is 1. The van der Waals surface area contributed by atoms with Crippen molar-refractivity contribution < 1.29 is 14.7 Å². The third-order valence-corrected chi connectivity index (χ3v) is 5.26. The average molecular weight is 352 g/mol. The Morgan fingerprint density at radius 1 is 1.29 bits per heavy atom. The maximum atomic E-state index is 12.7. The van der Waals surface area contributed by atoms with Crippen molar-refractivity contribution in [2.75, 3.05) is 0 Å². The molecule has 2 fully saturated rings. The lowest BCUT2D eigenvalue weighted by Crippen LogP contribution is -2.56. The van der Waals surface area contributed by atoms with E-state index in [4.69, 9.17) is 11.6 Å². The molecule has 0 aromatic heterocycles. The van der Waals surface area contributed by atoms with Crippen molar-refractivity contribution in [3.8, 4) is 0 Å². The second-order valence-corrected chi connectivity index (χ2v) is 7.02. The highest BCUT2D eigenvalue weighted by Gasteiger charge is 2.44. The third kappa shape index (κ3) is 3.27. The number of halogens is 1. The van der Waals surface area contributed by atoms with Gasteiger partial charge in [0.25, 0.3) is 0 Å². The van der Waals surface area contributed by atoms with E-state index in [0.29, 0.717) is 22.9 Å². The molecule has 2 aliphatic rings. The van der Waals surface area contributed by atoms with E-state index in [9.17, 15) is 14.7 Å². The zero-order chi connectivity index (χ0) is 17.3. The highest BCUT2D eigenvalue weighted by molar-refractivity contribution is 6.30. The van der Waals surface area contributed by atoms with Gasteiger partial charge < -0.3 is 10.4 Å². The Hall–Kier alpha value is -1.63. The molecule has 130 valence electrons. The first kappa shape index (κ1) is 17.2. The number of carboxylic acid groups (broad SMARTS) is 1. The molecule has 1 amide bonds. The van der Waals surface area contributed by atoms with Crippen LogP contribution in [0.4, 0.5) is 0 Å². The van der Waals surface area contributed by atoms with Gasteiger partial charge >= 0.3 is 5.97 Å². The van der Waals surface area contributed by atoms with Crippen LogP contribution >= 0.6 is 11.6 Å². The van der Waals surface area contributed by atoms with Gasteiger partial charge in [0.15, 0.2) is 5.54 Å². The molecule has 1 heterocycles. The largest absolute Gasteiger partial charge is 0.479 e. The summed E-state index contributed by atoms with van der Waals surface area (Å²) >= 11 is 5.89. The number of hydrogen-bond acceptors (Lipinski definition) is 4. The Balaban J connectivity index is 1.77. The van der Waals surface area contributed by atoms with E-state index in [1.165, 1.54) is 12.8 Å². The SMILES string of the molecule is CCC(NC(=O)C1CC(C2CC2)NN1)(C(=O)O)c1ccc(Cl)cc1. The van der Waals surface area contributed by atoms with Crippen LogP contribution in [0.2, 0.25) is 5.02 Å². The van der Waals surface area contributed by atoms with Crippen molar-refractivity contribution in [2.45, 2.75) is 50.2 Å². The smallest absolute Gasteiger partial charge is 0.334 e. The molecule has 7 heteroatoms. The molecule has 1 aliphatic heterocycles. The van der Waals surface area contributed by atoms with E-state index in [2.05, 4.69) is 16.2 Å². The van der Waals surface area contributed by atoms with Gasteiger partial charge in [0, 0.05) is 11.1 Å². The normalized spacial score (nSPS) is 25.9. The maximum Gasteiger partial charge on any atom is 0.334 e. The summed E-state index contributed by atoms with van der Waals surface area (Å²) in [6, 6.07) is 6.43. The van der Waals surface area contributed by atoms with Gasteiger partial charge in [-0.2, -0.15) is 0 Å². The molecule has 1 aromatic carbocycles. The van der Waals surface area contributed by atoms with E-state index in [1.54, 1.807) is 31.2 Å². The highest BCUT2D eigenvalue weighted by atomic mass is 35.5. The minimum atomic E-state index is -1.46. The molecule has 24 heavy (non-hydrogen) atoms. The molecular formula is C17H22ClN3O3. The zero-order valence-corrected chi connectivity index (χ0v) is 14.3. The van der Waals surface area contributed by atoms with Gasteiger partial charge in [0.2, 0.25) is 5.91 Å². The molecule has 1 aliphatic carbocycles. The average Bonchev–Trinajstić information content (AvgIpc) is 3.30. The quantitative estimate of drug-likeness (QED) is 0.627. The molecule has 1 saturated heterocycles. The van der Waals surface area contributed by atoms with Crippen molar-refractivity contribution >= 4 is 23.5 Å². The molecular weight excluding hydrogens is 330 g/mol. The van der Waals surface area contributed by atoms with Crippen molar-refractivity contribution in [1.29, 1.82) is 0 Å². The van der Waals surface area contributed by atoms with Crippen LogP contribution in [-0.2, 0) is 15.1 Å². The summed E-state index contributed by atoms with van der Waals surface area (Å²) in [6.07, 6.45) is 3.29. The minimum absolute atomic E-state index is 0.238. The first-order valence-electron chi connectivity index (χ1n) is 8.29. The second-order valence-electron chi connectivity index (χ2n) is 6.58. The van der Waals surface area contributed by atoms with Gasteiger partial charge in [0.1, 0.15) is 6.04 Å². The Labute approximate surface area is 145 Å². The Morgan fingerprint density at radius 3 is 2.50 bits per heavy atom. The fourth-order valence-electron chi connectivity index (χ4n) is 3.29. The van der Waals surface area contributed by atoms with Crippen molar-refractivity contribution in [2.24, 2.45) is 5.92 Å². The number of aliphatic carboxylic acids is 1. The van der Waals surface area contributed by atoms with Gasteiger partial charge in [-0.3, -0.25) is 10.2 Å². The molecule has 0 radical (unpaired) electrons. The summed E-state index contributed by atoms with van der Waals surface area (Å²) < 4.78 is 0. The van der Waals surface area contributed by atoms with Gasteiger partial charge in [-0.25, -0.2) is 10.2 Å². The molecule has 3 atom stereocenters. The van der Waals surface area contributed by atoms with Crippen LogP contribution in [0.1, 0.15) is 38.2 Å². The van der Waals surface area contributed by atoms with Crippen LogP contribution in [0.15, 0.2) is 24.3 Å². The number of rotatable bonds is 6. The van der Waals surface area contributed by atoms with Gasteiger partial charge in [-0.05, 0) is 49.3 Å². The van der Waals surface area contributed by atoms with E-state index >= 15 is 0 Å². The summed E-state index contributed by atoms with van der Waals surface area (Å²) in [5, 5.41) is 13.1. The summed E-state index contributed by atoms with van der Waals surface area (Å²) in [6.45, 7) is 1.75. The molecule has 6 nitrogen and oxygen atoms in total. The van der Waals surface area contributed by atoms with E-state index in [1.807, 2.05) is 0 Å². The number of carbonyl (C=O) groups excluding carboxylic acids is 1. The second kappa shape index (κ2) is 6.70. The highest BCUT2D eigenvalue weighted by Crippen LogP contribution is 2.36. The zero-order valence-electron chi connectivity index (χ0n) is 13.5. The van der Waals surface area contributed by atoms with Crippen LogP contribution in [0, 0.1) is 5.92 Å². The van der Waals surface area contributed by atoms with Crippen molar-refractivity contribution in [3.63, 3.8) is 0 Å². The van der Waals surface area contributed by atoms with E-state index in [-0.39, 0.29) is 18.4 Å². The number of carboxylic acids is 1. The summed E-state index contributed by atoms with van der Waals surface area (Å²) in [4.78, 5) is 24.6. The maximum absolute atomic E-state index is 12.7. The fraction of sp³-hybridized carbons (Fsp3) is 0.529.